The van der Waals surface area contributed by atoms with Crippen molar-refractivity contribution < 1.29 is 4.79 Å². The monoisotopic (exact) mass is 261 g/mol. The summed E-state index contributed by atoms with van der Waals surface area (Å²) < 4.78 is 0. The maximum absolute atomic E-state index is 11.5. The number of benzene rings is 1. The summed E-state index contributed by atoms with van der Waals surface area (Å²) in [5.41, 5.74) is 8.22. The quantitative estimate of drug-likeness (QED) is 0.579. The summed E-state index contributed by atoms with van der Waals surface area (Å²) in [5, 5.41) is 6.12. The lowest BCUT2D eigenvalue weighted by molar-refractivity contribution is 0.0963. The number of carbonyl (C=O) groups is 1. The highest BCUT2D eigenvalue weighted by Crippen LogP contribution is 2.25. The zero-order valence-electron chi connectivity index (χ0n) is 11.5. The Kier molecular flexibility index (Phi) is 4.66. The first-order chi connectivity index (χ1) is 9.20. The van der Waals surface area contributed by atoms with Crippen LogP contribution in [0.1, 0.15) is 48.9 Å². The molecule has 19 heavy (non-hydrogen) atoms. The highest BCUT2D eigenvalue weighted by atomic mass is 16.1. The number of nitrogens with two attached hydrogens (primary N) is 1. The summed E-state index contributed by atoms with van der Waals surface area (Å²) in [6.07, 6.45) is 7.65. The molecule has 0 heterocycles. The van der Waals surface area contributed by atoms with E-state index in [4.69, 9.17) is 5.73 Å². The summed E-state index contributed by atoms with van der Waals surface area (Å²) in [6, 6.07) is 5.97. The van der Waals surface area contributed by atoms with E-state index in [1.807, 2.05) is 12.1 Å². The lowest BCUT2D eigenvalue weighted by atomic mass is 10.1. The molecular formula is C15H23N3O. The van der Waals surface area contributed by atoms with Crippen molar-refractivity contribution in [3.8, 4) is 0 Å². The van der Waals surface area contributed by atoms with Crippen LogP contribution in [0.2, 0.25) is 0 Å². The van der Waals surface area contributed by atoms with Crippen LogP contribution in [0, 0.1) is 0 Å². The zero-order chi connectivity index (χ0) is 13.7. The third kappa shape index (κ3) is 3.63. The van der Waals surface area contributed by atoms with Crippen molar-refractivity contribution in [3.63, 3.8) is 0 Å². The first kappa shape index (κ1) is 13.7. The molecule has 0 aliphatic heterocycles. The Morgan fingerprint density at radius 1 is 1.21 bits per heavy atom. The first-order valence-corrected chi connectivity index (χ1v) is 7.09. The molecule has 1 aromatic carbocycles. The van der Waals surface area contributed by atoms with Gasteiger partial charge in [0, 0.05) is 18.7 Å². The van der Waals surface area contributed by atoms with Gasteiger partial charge >= 0.3 is 0 Å². The van der Waals surface area contributed by atoms with E-state index < -0.39 is 0 Å². The predicted octanol–water partition coefficient (Wildman–Crippen LogP) is 2.76. The van der Waals surface area contributed by atoms with Gasteiger partial charge in [-0.05, 0) is 31.0 Å². The molecule has 0 bridgehead atoms. The molecule has 4 heteroatoms. The number of nitrogens with one attached hydrogen (secondary N) is 2. The van der Waals surface area contributed by atoms with Crippen molar-refractivity contribution in [3.05, 3.63) is 23.8 Å². The molecular weight excluding hydrogens is 238 g/mol. The van der Waals surface area contributed by atoms with Gasteiger partial charge in [0.2, 0.25) is 0 Å². The Labute approximate surface area is 114 Å². The normalized spacial score (nSPS) is 16.7. The van der Waals surface area contributed by atoms with E-state index in [9.17, 15) is 4.79 Å². The fourth-order valence-electron chi connectivity index (χ4n) is 2.62. The van der Waals surface area contributed by atoms with Crippen LogP contribution >= 0.6 is 0 Å². The average Bonchev–Trinajstić information content (AvgIpc) is 2.68. The van der Waals surface area contributed by atoms with Gasteiger partial charge in [0.25, 0.3) is 5.91 Å². The van der Waals surface area contributed by atoms with Crippen molar-refractivity contribution in [1.29, 1.82) is 0 Å². The molecule has 1 fully saturated rings. The predicted molar refractivity (Wildman–Crippen MR) is 79.4 cm³/mol. The van der Waals surface area contributed by atoms with Gasteiger partial charge in [-0.1, -0.05) is 25.7 Å². The van der Waals surface area contributed by atoms with Gasteiger partial charge in [0.15, 0.2) is 0 Å². The molecule has 0 unspecified atom stereocenters. The van der Waals surface area contributed by atoms with E-state index in [1.165, 1.54) is 38.5 Å². The highest BCUT2D eigenvalue weighted by molar-refractivity contribution is 5.95. The molecule has 4 N–H and O–H groups in total. The Hall–Kier alpha value is -1.71. The second-order valence-electron chi connectivity index (χ2n) is 5.21. The van der Waals surface area contributed by atoms with E-state index in [2.05, 4.69) is 10.6 Å². The van der Waals surface area contributed by atoms with E-state index >= 15 is 0 Å². The molecule has 0 spiro atoms. The van der Waals surface area contributed by atoms with Gasteiger partial charge < -0.3 is 16.4 Å². The number of rotatable bonds is 3. The first-order valence-electron chi connectivity index (χ1n) is 7.09. The van der Waals surface area contributed by atoms with Crippen LogP contribution in [0.4, 0.5) is 11.4 Å². The van der Waals surface area contributed by atoms with Crippen LogP contribution < -0.4 is 16.4 Å². The van der Waals surface area contributed by atoms with E-state index in [-0.39, 0.29) is 5.91 Å². The fourth-order valence-corrected chi connectivity index (χ4v) is 2.62. The molecule has 0 atom stereocenters. The van der Waals surface area contributed by atoms with Gasteiger partial charge in [-0.15, -0.1) is 0 Å². The molecule has 1 amide bonds. The third-order valence-electron chi connectivity index (χ3n) is 3.76. The fraction of sp³-hybridized carbons (Fsp3) is 0.533. The van der Waals surface area contributed by atoms with Gasteiger partial charge in [-0.25, -0.2) is 0 Å². The number of nitrogen functional groups attached to an aromatic ring is 1. The van der Waals surface area contributed by atoms with Gasteiger partial charge in [0.05, 0.1) is 11.4 Å². The molecule has 0 aromatic heterocycles. The summed E-state index contributed by atoms with van der Waals surface area (Å²) in [6.45, 7) is 0. The van der Waals surface area contributed by atoms with Crippen molar-refractivity contribution in [1.82, 2.24) is 5.32 Å². The second kappa shape index (κ2) is 6.45. The molecule has 1 aromatic rings. The SMILES string of the molecule is CNC(=O)c1ccc(NC2CCCCCC2)c(N)c1. The number of hydrogen-bond acceptors (Lipinski definition) is 3. The van der Waals surface area contributed by atoms with Crippen LogP contribution in [-0.2, 0) is 0 Å². The van der Waals surface area contributed by atoms with E-state index in [0.29, 0.717) is 17.3 Å². The van der Waals surface area contributed by atoms with Crippen molar-refractivity contribution in [2.75, 3.05) is 18.1 Å². The highest BCUT2D eigenvalue weighted by Gasteiger charge is 2.13. The van der Waals surface area contributed by atoms with Crippen molar-refractivity contribution >= 4 is 17.3 Å². The molecule has 104 valence electrons. The smallest absolute Gasteiger partial charge is 0.251 e. The van der Waals surface area contributed by atoms with Gasteiger partial charge in [0.1, 0.15) is 0 Å². The molecule has 1 aliphatic rings. The van der Waals surface area contributed by atoms with Crippen molar-refractivity contribution in [2.45, 2.75) is 44.6 Å². The van der Waals surface area contributed by atoms with Crippen LogP contribution in [0.3, 0.4) is 0 Å². The largest absolute Gasteiger partial charge is 0.397 e. The van der Waals surface area contributed by atoms with E-state index in [1.54, 1.807) is 13.1 Å². The molecule has 4 nitrogen and oxygen atoms in total. The maximum Gasteiger partial charge on any atom is 0.251 e. The number of carbonyl (C=O) groups excluding carboxylic acids is 1. The summed E-state index contributed by atoms with van der Waals surface area (Å²) in [4.78, 5) is 11.5. The minimum Gasteiger partial charge on any atom is -0.397 e. The minimum absolute atomic E-state index is 0.104. The number of hydrogen-bond donors (Lipinski definition) is 3. The standard InChI is InChI=1S/C15H23N3O/c1-17-15(19)11-8-9-14(13(16)10-11)18-12-6-4-2-3-5-7-12/h8-10,12,18H,2-7,16H2,1H3,(H,17,19). The van der Waals surface area contributed by atoms with E-state index in [0.717, 1.165) is 5.69 Å². The Bertz CT molecular complexity index is 437. The van der Waals surface area contributed by atoms with Crippen LogP contribution in [0.5, 0.6) is 0 Å². The van der Waals surface area contributed by atoms with Gasteiger partial charge in [-0.2, -0.15) is 0 Å². The topological polar surface area (TPSA) is 67.2 Å². The van der Waals surface area contributed by atoms with Crippen LogP contribution in [-0.4, -0.2) is 19.0 Å². The number of amides is 1. The molecule has 0 radical (unpaired) electrons. The molecule has 1 aliphatic carbocycles. The van der Waals surface area contributed by atoms with Crippen molar-refractivity contribution in [2.24, 2.45) is 0 Å². The van der Waals surface area contributed by atoms with Gasteiger partial charge in [-0.3, -0.25) is 4.79 Å². The lowest BCUT2D eigenvalue weighted by Gasteiger charge is -2.19. The maximum atomic E-state index is 11.5. The second-order valence-corrected chi connectivity index (χ2v) is 5.21. The van der Waals surface area contributed by atoms with Crippen LogP contribution in [0.25, 0.3) is 0 Å². The number of anilines is 2. The third-order valence-corrected chi connectivity index (χ3v) is 3.76. The summed E-state index contributed by atoms with van der Waals surface area (Å²) >= 11 is 0. The molecule has 1 saturated carbocycles. The minimum atomic E-state index is -0.104. The zero-order valence-corrected chi connectivity index (χ0v) is 11.5. The summed E-state index contributed by atoms with van der Waals surface area (Å²) in [7, 11) is 1.62. The lowest BCUT2D eigenvalue weighted by Crippen LogP contribution is -2.20. The van der Waals surface area contributed by atoms with Crippen LogP contribution in [0.15, 0.2) is 18.2 Å². The molecule has 2 rings (SSSR count). The average molecular weight is 261 g/mol. The Balaban J connectivity index is 2.05. The Morgan fingerprint density at radius 2 is 1.89 bits per heavy atom. The Morgan fingerprint density at radius 3 is 2.47 bits per heavy atom. The summed E-state index contributed by atoms with van der Waals surface area (Å²) in [5.74, 6) is -0.104. The molecule has 0 saturated heterocycles.